The molecule has 3 heteroatoms. The van der Waals surface area contributed by atoms with Crippen LogP contribution in [0.4, 0.5) is 0 Å². The molecule has 1 saturated heterocycles. The molecule has 1 atom stereocenters. The number of alkyl halides is 1. The standard InChI is InChI=1S/C4H6ClO2/c5-3-1-2-4(6)7-3/h3,6H,1-2H2. The van der Waals surface area contributed by atoms with E-state index in [9.17, 15) is 0 Å². The molecule has 0 bridgehead atoms. The van der Waals surface area contributed by atoms with Gasteiger partial charge in [0, 0.05) is 6.42 Å². The quantitative estimate of drug-likeness (QED) is 0.489. The van der Waals surface area contributed by atoms with Crippen molar-refractivity contribution in [1.29, 1.82) is 0 Å². The fourth-order valence-electron chi connectivity index (χ4n) is 0.502. The first-order chi connectivity index (χ1) is 3.29. The van der Waals surface area contributed by atoms with Gasteiger partial charge in [0.25, 0.3) is 0 Å². The number of hydrogen-bond donors (Lipinski definition) is 1. The molecule has 1 unspecified atom stereocenters. The van der Waals surface area contributed by atoms with Gasteiger partial charge in [-0.05, 0) is 6.42 Å². The van der Waals surface area contributed by atoms with Gasteiger partial charge in [0.15, 0.2) is 0 Å². The molecule has 0 saturated carbocycles. The number of halogens is 1. The minimum atomic E-state index is -0.292. The van der Waals surface area contributed by atoms with Gasteiger partial charge < -0.3 is 9.84 Å². The van der Waals surface area contributed by atoms with Crippen molar-refractivity contribution >= 4 is 11.6 Å². The average Bonchev–Trinajstić information content (AvgIpc) is 1.87. The number of aliphatic hydroxyl groups excluding tert-OH is 1. The summed E-state index contributed by atoms with van der Waals surface area (Å²) in [5.41, 5.74) is -0.292. The Morgan fingerprint density at radius 2 is 2.57 bits per heavy atom. The Labute approximate surface area is 47.0 Å². The molecule has 1 N–H and O–H groups in total. The summed E-state index contributed by atoms with van der Waals surface area (Å²) < 4.78 is 4.60. The zero-order valence-electron chi connectivity index (χ0n) is 3.72. The summed E-state index contributed by atoms with van der Waals surface area (Å²) in [6, 6.07) is 0. The van der Waals surface area contributed by atoms with Crippen molar-refractivity contribution in [2.75, 3.05) is 0 Å². The molecule has 0 aromatic rings. The number of aliphatic hydroxyl groups is 1. The van der Waals surface area contributed by atoms with Crippen molar-refractivity contribution in [1.82, 2.24) is 0 Å². The lowest BCUT2D eigenvalue weighted by molar-refractivity contribution is 0.0322. The second-order valence-corrected chi connectivity index (χ2v) is 1.95. The highest BCUT2D eigenvalue weighted by Gasteiger charge is 2.21. The van der Waals surface area contributed by atoms with Crippen LogP contribution < -0.4 is 0 Å². The molecule has 1 radical (unpaired) electrons. The maximum absolute atomic E-state index is 8.51. The van der Waals surface area contributed by atoms with Crippen LogP contribution in [-0.2, 0) is 4.74 Å². The summed E-state index contributed by atoms with van der Waals surface area (Å²) in [6.45, 7) is 0. The van der Waals surface area contributed by atoms with E-state index in [4.69, 9.17) is 16.7 Å². The van der Waals surface area contributed by atoms with E-state index in [1.807, 2.05) is 0 Å². The SMILES string of the molecule is O[C]1CCC(Cl)O1. The van der Waals surface area contributed by atoms with Crippen molar-refractivity contribution < 1.29 is 9.84 Å². The van der Waals surface area contributed by atoms with Gasteiger partial charge in [-0.15, -0.1) is 0 Å². The smallest absolute Gasteiger partial charge is 0.222 e. The maximum Gasteiger partial charge on any atom is 0.222 e. The molecule has 0 amide bonds. The molecule has 1 aliphatic rings. The van der Waals surface area contributed by atoms with Crippen LogP contribution in [0.2, 0.25) is 0 Å². The fraction of sp³-hybridized carbons (Fsp3) is 0.750. The molecule has 0 aromatic carbocycles. The summed E-state index contributed by atoms with van der Waals surface area (Å²) in [4.78, 5) is 0. The highest BCUT2D eigenvalue weighted by Crippen LogP contribution is 2.24. The van der Waals surface area contributed by atoms with Gasteiger partial charge in [0.05, 0.1) is 0 Å². The molecular weight excluding hydrogens is 115 g/mol. The normalized spacial score (nSPS) is 34.3. The Bertz CT molecular complexity index is 58.7. The molecule has 1 fully saturated rings. The average molecular weight is 122 g/mol. The third kappa shape index (κ3) is 1.30. The summed E-state index contributed by atoms with van der Waals surface area (Å²) >= 11 is 5.40. The largest absolute Gasteiger partial charge is 0.361 e. The van der Waals surface area contributed by atoms with Crippen molar-refractivity contribution in [2.45, 2.75) is 18.4 Å². The van der Waals surface area contributed by atoms with Gasteiger partial charge in [-0.3, -0.25) is 0 Å². The number of ether oxygens (including phenoxy) is 1. The second kappa shape index (κ2) is 1.99. The third-order valence-corrected chi connectivity index (χ3v) is 1.16. The van der Waals surface area contributed by atoms with Crippen molar-refractivity contribution in [2.24, 2.45) is 0 Å². The van der Waals surface area contributed by atoms with Crippen LogP contribution in [0.3, 0.4) is 0 Å². The van der Waals surface area contributed by atoms with Gasteiger partial charge in [0.1, 0.15) is 5.56 Å². The zero-order valence-corrected chi connectivity index (χ0v) is 4.48. The molecule has 1 rings (SSSR count). The Balaban J connectivity index is 2.26. The lowest BCUT2D eigenvalue weighted by Gasteiger charge is -1.96. The molecule has 7 heavy (non-hydrogen) atoms. The highest BCUT2D eigenvalue weighted by molar-refractivity contribution is 6.19. The Morgan fingerprint density at radius 3 is 2.71 bits per heavy atom. The van der Waals surface area contributed by atoms with E-state index in [2.05, 4.69) is 4.74 Å². The lowest BCUT2D eigenvalue weighted by atomic mass is 10.4. The van der Waals surface area contributed by atoms with E-state index in [1.54, 1.807) is 0 Å². The minimum absolute atomic E-state index is 0.0694. The third-order valence-electron chi connectivity index (χ3n) is 0.849. The number of hydrogen-bond acceptors (Lipinski definition) is 2. The Kier molecular flexibility index (Phi) is 1.52. The molecule has 41 valence electrons. The Morgan fingerprint density at radius 1 is 1.86 bits per heavy atom. The first kappa shape index (κ1) is 5.35. The van der Waals surface area contributed by atoms with Crippen LogP contribution in [0, 0.1) is 6.29 Å². The summed E-state index contributed by atoms with van der Waals surface area (Å²) in [5, 5.41) is 8.51. The van der Waals surface area contributed by atoms with E-state index in [-0.39, 0.29) is 11.9 Å². The molecule has 0 aromatic heterocycles. The van der Waals surface area contributed by atoms with Crippen LogP contribution in [0.25, 0.3) is 0 Å². The van der Waals surface area contributed by atoms with Crippen LogP contribution in [0.5, 0.6) is 0 Å². The topological polar surface area (TPSA) is 29.5 Å². The van der Waals surface area contributed by atoms with Crippen LogP contribution in [0.1, 0.15) is 12.8 Å². The molecule has 1 heterocycles. The molecule has 0 aliphatic carbocycles. The van der Waals surface area contributed by atoms with Gasteiger partial charge in [0.2, 0.25) is 6.29 Å². The van der Waals surface area contributed by atoms with E-state index in [0.717, 1.165) is 6.42 Å². The van der Waals surface area contributed by atoms with Crippen LogP contribution in [-0.4, -0.2) is 10.7 Å². The fourth-order valence-corrected chi connectivity index (χ4v) is 0.714. The van der Waals surface area contributed by atoms with E-state index >= 15 is 0 Å². The first-order valence-electron chi connectivity index (χ1n) is 2.14. The van der Waals surface area contributed by atoms with E-state index < -0.39 is 0 Å². The summed E-state index contributed by atoms with van der Waals surface area (Å²) in [7, 11) is 0. The number of rotatable bonds is 0. The van der Waals surface area contributed by atoms with Gasteiger partial charge in [-0.2, -0.15) is 0 Å². The highest BCUT2D eigenvalue weighted by atomic mass is 35.5. The van der Waals surface area contributed by atoms with Crippen molar-refractivity contribution in [3.8, 4) is 0 Å². The zero-order chi connectivity index (χ0) is 5.28. The van der Waals surface area contributed by atoms with E-state index in [1.165, 1.54) is 0 Å². The molecule has 1 aliphatic heterocycles. The van der Waals surface area contributed by atoms with Gasteiger partial charge in [-0.1, -0.05) is 11.6 Å². The van der Waals surface area contributed by atoms with Crippen molar-refractivity contribution in [3.05, 3.63) is 6.29 Å². The maximum atomic E-state index is 8.51. The summed E-state index contributed by atoms with van der Waals surface area (Å²) in [5.74, 6) is 0. The van der Waals surface area contributed by atoms with Crippen molar-refractivity contribution in [3.63, 3.8) is 0 Å². The Hall–Kier alpha value is 0.210. The first-order valence-corrected chi connectivity index (χ1v) is 2.58. The second-order valence-electron chi connectivity index (χ2n) is 1.46. The molecular formula is C4H6ClO2. The monoisotopic (exact) mass is 121 g/mol. The van der Waals surface area contributed by atoms with Crippen LogP contribution in [0.15, 0.2) is 0 Å². The van der Waals surface area contributed by atoms with E-state index in [0.29, 0.717) is 6.42 Å². The minimum Gasteiger partial charge on any atom is -0.361 e. The predicted octanol–water partition coefficient (Wildman–Crippen LogP) is 1.22. The van der Waals surface area contributed by atoms with Gasteiger partial charge >= 0.3 is 0 Å². The lowest BCUT2D eigenvalue weighted by Crippen LogP contribution is -1.94. The molecule has 0 spiro atoms. The predicted molar refractivity (Wildman–Crippen MR) is 25.1 cm³/mol. The summed E-state index contributed by atoms with van der Waals surface area (Å²) in [6.07, 6.45) is 1.39. The van der Waals surface area contributed by atoms with Crippen LogP contribution >= 0.6 is 11.6 Å². The van der Waals surface area contributed by atoms with Gasteiger partial charge in [-0.25, -0.2) is 0 Å². The molecule has 2 nitrogen and oxygen atoms in total.